The summed E-state index contributed by atoms with van der Waals surface area (Å²) in [5, 5.41) is 0. The van der Waals surface area contributed by atoms with E-state index in [9.17, 15) is 4.21 Å². The molecule has 1 N–H and O–H groups in total. The van der Waals surface area contributed by atoms with Crippen molar-refractivity contribution < 1.29 is 18.2 Å². The lowest BCUT2D eigenvalue weighted by molar-refractivity contribution is 0.389. The molecule has 0 saturated carbocycles. The number of hydrogen-bond donors (Lipinski definition) is 1. The molecule has 0 aliphatic carbocycles. The molecule has 0 bridgehead atoms. The van der Waals surface area contributed by atoms with E-state index in [4.69, 9.17) is 14.0 Å². The Hall–Kier alpha value is -1.07. The Bertz CT molecular complexity index is 362. The number of benzene rings is 1. The average Bonchev–Trinajstić information content (AvgIpc) is 2.16. The maximum atomic E-state index is 10.9. The zero-order valence-corrected chi connectivity index (χ0v) is 9.05. The van der Waals surface area contributed by atoms with Gasteiger partial charge in [-0.25, -0.2) is 4.21 Å². The van der Waals surface area contributed by atoms with Crippen molar-refractivity contribution in [3.8, 4) is 11.5 Å². The third kappa shape index (κ3) is 2.05. The molecule has 78 valence electrons. The topological polar surface area (TPSA) is 55.8 Å². The summed E-state index contributed by atoms with van der Waals surface area (Å²) in [6.07, 6.45) is 0. The molecule has 0 aliphatic heterocycles. The maximum absolute atomic E-state index is 10.9. The zero-order chi connectivity index (χ0) is 10.7. The predicted octanol–water partition coefficient (Wildman–Crippen LogP) is 1.59. The number of hydrogen-bond acceptors (Lipinski definition) is 3. The summed E-state index contributed by atoms with van der Waals surface area (Å²) in [7, 11) is 2.97. The van der Waals surface area contributed by atoms with Crippen molar-refractivity contribution >= 4 is 11.1 Å². The highest BCUT2D eigenvalue weighted by Gasteiger charge is 2.12. The minimum Gasteiger partial charge on any atom is -0.496 e. The van der Waals surface area contributed by atoms with Gasteiger partial charge in [-0.15, -0.1) is 0 Å². The second-order valence-corrected chi connectivity index (χ2v) is 3.66. The van der Waals surface area contributed by atoms with E-state index in [2.05, 4.69) is 0 Å². The van der Waals surface area contributed by atoms with Crippen molar-refractivity contribution in [2.75, 3.05) is 14.2 Å². The van der Waals surface area contributed by atoms with Crippen LogP contribution in [0.15, 0.2) is 17.0 Å². The van der Waals surface area contributed by atoms with Crippen LogP contribution in [0, 0.1) is 6.92 Å². The van der Waals surface area contributed by atoms with Crippen LogP contribution < -0.4 is 9.47 Å². The van der Waals surface area contributed by atoms with Gasteiger partial charge in [0.05, 0.1) is 14.2 Å². The van der Waals surface area contributed by atoms with Gasteiger partial charge in [0.25, 0.3) is 0 Å². The van der Waals surface area contributed by atoms with E-state index >= 15 is 0 Å². The molecule has 5 heteroatoms. The third-order valence-electron chi connectivity index (χ3n) is 1.87. The molecule has 1 atom stereocenters. The summed E-state index contributed by atoms with van der Waals surface area (Å²) in [5.74, 6) is 0.965. The van der Waals surface area contributed by atoms with Gasteiger partial charge in [-0.1, -0.05) is 0 Å². The van der Waals surface area contributed by atoms with Gasteiger partial charge in [0.15, 0.2) is 11.1 Å². The first-order valence-electron chi connectivity index (χ1n) is 3.93. The van der Waals surface area contributed by atoms with Gasteiger partial charge in [0.2, 0.25) is 0 Å². The van der Waals surface area contributed by atoms with Crippen LogP contribution in [0.2, 0.25) is 0 Å². The van der Waals surface area contributed by atoms with Crippen LogP contribution in [-0.2, 0) is 11.1 Å². The van der Waals surface area contributed by atoms with Crippen LogP contribution in [0.3, 0.4) is 0 Å². The number of methoxy groups -OCH3 is 2. The first kappa shape index (κ1) is 11.0. The highest BCUT2D eigenvalue weighted by atomic mass is 32.2. The monoisotopic (exact) mass is 216 g/mol. The standard InChI is InChI=1S/C9H12O4S/c1-6-4-8(13-3)9(14(10)11)5-7(6)12-2/h4-5H,1-3H3,(H,10,11). The molecular formula is C9H12O4S. The van der Waals surface area contributed by atoms with Gasteiger partial charge in [0, 0.05) is 6.07 Å². The Balaban J connectivity index is 3.32. The number of aryl methyl sites for hydroxylation is 1. The molecular weight excluding hydrogens is 204 g/mol. The van der Waals surface area contributed by atoms with Crippen LogP contribution in [0.4, 0.5) is 0 Å². The minimum absolute atomic E-state index is 0.218. The number of ether oxygens (including phenoxy) is 2. The fourth-order valence-electron chi connectivity index (χ4n) is 1.16. The lowest BCUT2D eigenvalue weighted by Gasteiger charge is -2.10. The molecule has 1 aromatic rings. The summed E-state index contributed by atoms with van der Waals surface area (Å²) in [4.78, 5) is 0.218. The first-order chi connectivity index (χ1) is 6.60. The maximum Gasteiger partial charge on any atom is 0.190 e. The smallest absolute Gasteiger partial charge is 0.190 e. The summed E-state index contributed by atoms with van der Waals surface area (Å²) in [6, 6.07) is 3.17. The Morgan fingerprint density at radius 3 is 2.21 bits per heavy atom. The summed E-state index contributed by atoms with van der Waals surface area (Å²) < 4.78 is 29.9. The van der Waals surface area contributed by atoms with Crippen molar-refractivity contribution in [3.05, 3.63) is 17.7 Å². The molecule has 0 spiro atoms. The van der Waals surface area contributed by atoms with Gasteiger partial charge in [0.1, 0.15) is 16.4 Å². The predicted molar refractivity (Wildman–Crippen MR) is 53.3 cm³/mol. The van der Waals surface area contributed by atoms with Gasteiger partial charge in [-0.2, -0.15) is 0 Å². The van der Waals surface area contributed by atoms with Crippen molar-refractivity contribution in [3.63, 3.8) is 0 Å². The van der Waals surface area contributed by atoms with E-state index in [1.807, 2.05) is 6.92 Å². The Morgan fingerprint density at radius 1 is 1.21 bits per heavy atom. The Labute approximate surface area is 85.1 Å². The first-order valence-corrected chi connectivity index (χ1v) is 5.04. The summed E-state index contributed by atoms with van der Waals surface area (Å²) in [5.41, 5.74) is 0.860. The number of rotatable bonds is 3. The SMILES string of the molecule is COc1cc(S(=O)O)c(OC)cc1C. The molecule has 1 unspecified atom stereocenters. The van der Waals surface area contributed by atoms with Crippen LogP contribution in [0.25, 0.3) is 0 Å². The van der Waals surface area contributed by atoms with Crippen molar-refractivity contribution in [1.82, 2.24) is 0 Å². The van der Waals surface area contributed by atoms with E-state index in [1.165, 1.54) is 20.3 Å². The zero-order valence-electron chi connectivity index (χ0n) is 8.23. The molecule has 0 saturated heterocycles. The fourth-order valence-corrected chi connectivity index (χ4v) is 1.68. The minimum atomic E-state index is -2.07. The molecule has 0 amide bonds. The average molecular weight is 216 g/mol. The van der Waals surface area contributed by atoms with Crippen molar-refractivity contribution in [2.45, 2.75) is 11.8 Å². The van der Waals surface area contributed by atoms with Crippen molar-refractivity contribution in [1.29, 1.82) is 0 Å². The highest BCUT2D eigenvalue weighted by Crippen LogP contribution is 2.29. The largest absolute Gasteiger partial charge is 0.496 e. The summed E-state index contributed by atoms with van der Waals surface area (Å²) in [6.45, 7) is 1.84. The van der Waals surface area contributed by atoms with Crippen LogP contribution >= 0.6 is 0 Å². The summed E-state index contributed by atoms with van der Waals surface area (Å²) >= 11 is -2.07. The van der Waals surface area contributed by atoms with Crippen molar-refractivity contribution in [2.24, 2.45) is 0 Å². The van der Waals surface area contributed by atoms with E-state index in [-0.39, 0.29) is 4.90 Å². The van der Waals surface area contributed by atoms with Gasteiger partial charge in [-0.3, -0.25) is 0 Å². The highest BCUT2D eigenvalue weighted by molar-refractivity contribution is 7.79. The molecule has 0 aliphatic rings. The molecule has 0 fully saturated rings. The molecule has 1 rings (SSSR count). The second kappa shape index (κ2) is 4.43. The molecule has 0 aromatic heterocycles. The van der Waals surface area contributed by atoms with Gasteiger partial charge < -0.3 is 14.0 Å². The van der Waals surface area contributed by atoms with Gasteiger partial charge in [-0.05, 0) is 18.6 Å². The van der Waals surface area contributed by atoms with Gasteiger partial charge >= 0.3 is 0 Å². The normalized spacial score (nSPS) is 12.3. The molecule has 1 aromatic carbocycles. The fraction of sp³-hybridized carbons (Fsp3) is 0.333. The van der Waals surface area contributed by atoms with Crippen LogP contribution in [-0.4, -0.2) is 23.0 Å². The molecule has 0 heterocycles. The quantitative estimate of drug-likeness (QED) is 0.779. The third-order valence-corrected chi connectivity index (χ3v) is 2.56. The Morgan fingerprint density at radius 2 is 1.79 bits per heavy atom. The Kier molecular flexibility index (Phi) is 3.49. The lowest BCUT2D eigenvalue weighted by Crippen LogP contribution is -1.97. The second-order valence-electron chi connectivity index (χ2n) is 2.72. The van der Waals surface area contributed by atoms with E-state index < -0.39 is 11.1 Å². The van der Waals surface area contributed by atoms with Crippen LogP contribution in [0.1, 0.15) is 5.56 Å². The van der Waals surface area contributed by atoms with E-state index in [0.717, 1.165) is 5.56 Å². The lowest BCUT2D eigenvalue weighted by atomic mass is 10.2. The molecule has 14 heavy (non-hydrogen) atoms. The molecule has 4 nitrogen and oxygen atoms in total. The van der Waals surface area contributed by atoms with E-state index in [0.29, 0.717) is 11.5 Å². The van der Waals surface area contributed by atoms with E-state index in [1.54, 1.807) is 6.07 Å². The van der Waals surface area contributed by atoms with Crippen LogP contribution in [0.5, 0.6) is 11.5 Å². The molecule has 0 radical (unpaired) electrons.